The maximum Gasteiger partial charge on any atom is 0.312 e. The molecule has 5 aliphatic carbocycles. The Kier molecular flexibility index (Phi) is 12.2. The zero-order chi connectivity index (χ0) is 42.7. The fourth-order valence-electron chi connectivity index (χ4n) is 9.63. The third kappa shape index (κ3) is 9.05. The second-order valence-electron chi connectivity index (χ2n) is 18.1. The lowest BCUT2D eigenvalue weighted by Gasteiger charge is -2.70. The molecule has 15 heteroatoms. The molecule has 0 radical (unpaired) electrons. The Morgan fingerprint density at radius 1 is 1.07 bits per heavy atom. The van der Waals surface area contributed by atoms with E-state index in [2.05, 4.69) is 28.7 Å². The maximum absolute atomic E-state index is 13.6. The van der Waals surface area contributed by atoms with Gasteiger partial charge in [0, 0.05) is 60.3 Å². The SMILES string of the molecule is C.CC1(C)CCC(CN)=C(C23CC(Cl)(C2)C3)C1.CCN(CC)c1ccc(C(=O)CS(=O)(=O)c2ccc(OC3COC4(CC4)C3)c([N+](=O)[O-])c2)c(Oc2cnc3[nH]ccc3c2)c1. The van der Waals surface area contributed by atoms with Crippen molar-refractivity contribution in [3.05, 3.63) is 87.7 Å². The van der Waals surface area contributed by atoms with E-state index in [9.17, 15) is 23.3 Å². The number of anilines is 1. The first-order chi connectivity index (χ1) is 28.5. The van der Waals surface area contributed by atoms with E-state index in [1.165, 1.54) is 56.9 Å². The number of fused-ring (bicyclic) bond motifs is 1. The van der Waals surface area contributed by atoms with E-state index < -0.39 is 32.0 Å². The van der Waals surface area contributed by atoms with Crippen LogP contribution >= 0.6 is 11.6 Å². The second-order valence-corrected chi connectivity index (χ2v) is 20.9. The Labute approximate surface area is 363 Å². The van der Waals surface area contributed by atoms with Gasteiger partial charge in [0.2, 0.25) is 0 Å². The van der Waals surface area contributed by atoms with Crippen LogP contribution in [0.5, 0.6) is 17.2 Å². The number of aromatic nitrogens is 2. The number of Topliss-reactive ketones (excluding diaryl/α,β-unsaturated/α-hetero) is 1. The summed E-state index contributed by atoms with van der Waals surface area (Å²) in [5.41, 5.74) is 11.0. The van der Waals surface area contributed by atoms with Gasteiger partial charge < -0.3 is 29.8 Å². The van der Waals surface area contributed by atoms with Crippen LogP contribution in [-0.2, 0) is 14.6 Å². The minimum Gasteiger partial charge on any atom is -0.481 e. The van der Waals surface area contributed by atoms with E-state index in [0.29, 0.717) is 48.3 Å². The Morgan fingerprint density at radius 3 is 2.44 bits per heavy atom. The molecule has 1 atom stereocenters. The molecule has 2 aromatic heterocycles. The lowest BCUT2D eigenvalue weighted by atomic mass is 9.39. The number of ether oxygens (including phenoxy) is 3. The molecule has 2 bridgehead atoms. The average molecular weight is 877 g/mol. The summed E-state index contributed by atoms with van der Waals surface area (Å²) in [7, 11) is -4.28. The number of hydrogen-bond donors (Lipinski definition) is 2. The topological polar surface area (TPSA) is 180 Å². The molecule has 1 unspecified atom stereocenters. The second kappa shape index (κ2) is 16.7. The van der Waals surface area contributed by atoms with E-state index in [0.717, 1.165) is 36.5 Å². The van der Waals surface area contributed by atoms with Crippen molar-refractivity contribution < 1.29 is 32.3 Å². The molecule has 0 amide bonds. The molecule has 1 aliphatic heterocycles. The van der Waals surface area contributed by atoms with Crippen molar-refractivity contribution in [2.24, 2.45) is 16.6 Å². The molecule has 3 N–H and O–H groups in total. The van der Waals surface area contributed by atoms with Gasteiger partial charge in [-0.1, -0.05) is 32.4 Å². The number of nitro benzene ring substituents is 1. The van der Waals surface area contributed by atoms with Gasteiger partial charge in [0.1, 0.15) is 29.0 Å². The maximum atomic E-state index is 13.6. The van der Waals surface area contributed by atoms with Crippen LogP contribution in [0.1, 0.15) is 103 Å². The molecule has 13 nitrogen and oxygen atoms in total. The van der Waals surface area contributed by atoms with Gasteiger partial charge in [0.15, 0.2) is 21.4 Å². The number of alkyl halides is 1. The number of nitrogens with one attached hydrogen (secondary N) is 1. The van der Waals surface area contributed by atoms with Gasteiger partial charge in [0.25, 0.3) is 0 Å². The summed E-state index contributed by atoms with van der Waals surface area (Å²) >= 11 is 6.39. The van der Waals surface area contributed by atoms with Crippen LogP contribution in [0.3, 0.4) is 0 Å². The molecule has 5 fully saturated rings. The number of hydrogen-bond acceptors (Lipinski definition) is 11. The highest BCUT2D eigenvalue weighted by Gasteiger charge is 2.69. The van der Waals surface area contributed by atoms with E-state index >= 15 is 0 Å². The summed E-state index contributed by atoms with van der Waals surface area (Å²) in [5.74, 6) is -1.13. The number of nitrogens with two attached hydrogens (primary N) is 1. The van der Waals surface area contributed by atoms with Gasteiger partial charge in [-0.15, -0.1) is 11.6 Å². The Balaban J connectivity index is 0.000000275. The highest BCUT2D eigenvalue weighted by molar-refractivity contribution is 7.92. The largest absolute Gasteiger partial charge is 0.481 e. The number of benzene rings is 2. The summed E-state index contributed by atoms with van der Waals surface area (Å²) in [6, 6.07) is 12.0. The zero-order valence-electron chi connectivity index (χ0n) is 34.7. The molecule has 6 aliphatic rings. The standard InChI is InChI=1S/C31H32N4O8S.C14H22ClN.CH4/c1-3-34(4-2)21-5-7-25(29(14-21)42-22-13-20-9-12-32-30(20)33-17-22)27(36)19-44(39,40)24-6-8-28(26(15-24)35(37)38)43-23-16-31(10-11-31)41-18-23;1-12(2)4-3-10(6-16)11(5-12)13-7-14(15,8-13)9-13;/h5-9,12-15,17,23H,3-4,10-11,16,18-19H2,1-2H3,(H,32,33);3-9,16H2,1-2H3;1H4. The van der Waals surface area contributed by atoms with Crippen LogP contribution in [0.25, 0.3) is 11.0 Å². The van der Waals surface area contributed by atoms with Crippen LogP contribution in [-0.4, -0.2) is 77.7 Å². The molecular formula is C46H58ClN5O8S. The number of carbonyl (C=O) groups is 1. The molecule has 2 aromatic carbocycles. The number of sulfone groups is 1. The van der Waals surface area contributed by atoms with Gasteiger partial charge in [-0.2, -0.15) is 0 Å². The number of aromatic amines is 1. The first-order valence-electron chi connectivity index (χ1n) is 20.9. The normalized spacial score (nSPS) is 24.1. The van der Waals surface area contributed by atoms with Gasteiger partial charge >= 0.3 is 5.69 Å². The number of nitrogens with zero attached hydrogens (tertiary/aromatic N) is 3. The molecule has 3 heterocycles. The first-order valence-corrected chi connectivity index (χ1v) is 23.0. The third-order valence-electron chi connectivity index (χ3n) is 13.1. The van der Waals surface area contributed by atoms with E-state index in [-0.39, 0.29) is 46.0 Å². The summed E-state index contributed by atoms with van der Waals surface area (Å²) in [5, 5.41) is 12.7. The molecule has 1 spiro atoms. The Morgan fingerprint density at radius 2 is 1.80 bits per heavy atom. The molecule has 10 rings (SSSR count). The number of halogens is 1. The number of allylic oxidation sites excluding steroid dienone is 1. The molecule has 1 saturated heterocycles. The van der Waals surface area contributed by atoms with E-state index in [4.69, 9.17) is 31.5 Å². The van der Waals surface area contributed by atoms with Crippen LogP contribution in [0.4, 0.5) is 11.4 Å². The van der Waals surface area contributed by atoms with E-state index in [1.54, 1.807) is 41.6 Å². The first kappa shape index (κ1) is 44.6. The van der Waals surface area contributed by atoms with Crippen molar-refractivity contribution in [2.75, 3.05) is 36.9 Å². The van der Waals surface area contributed by atoms with Crippen LogP contribution < -0.4 is 20.1 Å². The molecule has 328 valence electrons. The Bertz CT molecular complexity index is 2450. The van der Waals surface area contributed by atoms with Crippen molar-refractivity contribution in [1.29, 1.82) is 0 Å². The number of H-pyrrole nitrogens is 1. The summed E-state index contributed by atoms with van der Waals surface area (Å²) in [6.45, 7) is 11.3. The van der Waals surface area contributed by atoms with Crippen molar-refractivity contribution in [1.82, 2.24) is 9.97 Å². The molecule has 4 aromatic rings. The quantitative estimate of drug-likeness (QED) is 0.0405. The van der Waals surface area contributed by atoms with Gasteiger partial charge in [-0.3, -0.25) is 14.9 Å². The zero-order valence-corrected chi connectivity index (χ0v) is 36.3. The smallest absolute Gasteiger partial charge is 0.312 e. The monoisotopic (exact) mass is 875 g/mol. The fraction of sp³-hybridized carbons (Fsp3) is 0.522. The highest BCUT2D eigenvalue weighted by atomic mass is 35.5. The van der Waals surface area contributed by atoms with Crippen molar-refractivity contribution >= 4 is 49.6 Å². The van der Waals surface area contributed by atoms with Crippen molar-refractivity contribution in [2.45, 2.75) is 114 Å². The number of ketones is 1. The lowest BCUT2D eigenvalue weighted by Crippen LogP contribution is -2.65. The van der Waals surface area contributed by atoms with Crippen LogP contribution in [0, 0.1) is 20.9 Å². The third-order valence-corrected chi connectivity index (χ3v) is 15.1. The summed E-state index contributed by atoms with van der Waals surface area (Å²) in [4.78, 5) is 34.0. The molecular weight excluding hydrogens is 818 g/mol. The van der Waals surface area contributed by atoms with Crippen LogP contribution in [0.15, 0.2) is 77.0 Å². The minimum atomic E-state index is -4.28. The fourth-order valence-corrected chi connectivity index (χ4v) is 11.6. The number of rotatable bonds is 14. The van der Waals surface area contributed by atoms with Gasteiger partial charge in [0.05, 0.1) is 33.8 Å². The number of pyridine rings is 1. The van der Waals surface area contributed by atoms with E-state index in [1.807, 2.05) is 19.9 Å². The number of nitro groups is 1. The Hall–Kier alpha value is -4.50. The molecule has 4 saturated carbocycles. The molecule has 61 heavy (non-hydrogen) atoms. The van der Waals surface area contributed by atoms with Crippen LogP contribution in [0.2, 0.25) is 0 Å². The van der Waals surface area contributed by atoms with Crippen molar-refractivity contribution in [3.8, 4) is 17.2 Å². The van der Waals surface area contributed by atoms with Gasteiger partial charge in [-0.05, 0) is 112 Å². The summed E-state index contributed by atoms with van der Waals surface area (Å²) < 4.78 is 44.6. The summed E-state index contributed by atoms with van der Waals surface area (Å²) in [6.07, 6.45) is 12.8. The minimum absolute atomic E-state index is 0. The van der Waals surface area contributed by atoms with Crippen molar-refractivity contribution in [3.63, 3.8) is 0 Å². The van der Waals surface area contributed by atoms with Gasteiger partial charge in [-0.25, -0.2) is 13.4 Å². The highest BCUT2D eigenvalue weighted by Crippen LogP contribution is 2.75. The lowest BCUT2D eigenvalue weighted by molar-refractivity contribution is -0.386. The average Bonchev–Trinajstić information content (AvgIpc) is 3.57. The predicted octanol–water partition coefficient (Wildman–Crippen LogP) is 9.72. The number of carbonyl (C=O) groups excluding carboxylic acids is 1. The predicted molar refractivity (Wildman–Crippen MR) is 238 cm³/mol.